The van der Waals surface area contributed by atoms with Gasteiger partial charge in [-0.1, -0.05) is 45.9 Å². The summed E-state index contributed by atoms with van der Waals surface area (Å²) in [6.07, 6.45) is 1.98. The summed E-state index contributed by atoms with van der Waals surface area (Å²) in [5.74, 6) is -0.927. The lowest BCUT2D eigenvalue weighted by Gasteiger charge is -2.48. The van der Waals surface area contributed by atoms with Crippen molar-refractivity contribution in [2.24, 2.45) is 10.8 Å². The Kier molecular flexibility index (Phi) is 4.93. The molecule has 0 spiro atoms. The van der Waals surface area contributed by atoms with Crippen molar-refractivity contribution in [3.05, 3.63) is 80.9 Å². The van der Waals surface area contributed by atoms with Crippen molar-refractivity contribution < 1.29 is 18.9 Å². The van der Waals surface area contributed by atoms with Gasteiger partial charge in [0.15, 0.2) is 11.6 Å². The minimum Gasteiger partial charge on any atom is -0.405 e. The first-order chi connectivity index (χ1) is 16.0. The Hall–Kier alpha value is -3.48. The summed E-state index contributed by atoms with van der Waals surface area (Å²) in [7, 11) is 0. The highest BCUT2D eigenvalue weighted by Crippen LogP contribution is 2.55. The number of ketones is 2. The number of rotatable bonds is 3. The summed E-state index contributed by atoms with van der Waals surface area (Å²) < 4.78 is 5.63. The lowest BCUT2D eigenvalue weighted by molar-refractivity contribution is -0.402. The lowest BCUT2D eigenvalue weighted by atomic mass is 9.64. The van der Waals surface area contributed by atoms with Crippen LogP contribution in [0.15, 0.2) is 69.4 Å². The molecule has 7 nitrogen and oxygen atoms in total. The van der Waals surface area contributed by atoms with Crippen LogP contribution in [0.2, 0.25) is 0 Å². The fourth-order valence-electron chi connectivity index (χ4n) is 5.73. The quantitative estimate of drug-likeness (QED) is 0.407. The molecule has 1 aromatic carbocycles. The monoisotopic (exact) mass is 460 g/mol. The van der Waals surface area contributed by atoms with E-state index in [1.54, 1.807) is 0 Å². The molecule has 34 heavy (non-hydrogen) atoms. The fourth-order valence-corrected chi connectivity index (χ4v) is 5.73. The molecule has 0 bridgehead atoms. The van der Waals surface area contributed by atoms with E-state index >= 15 is 0 Å². The number of carbonyl (C=O) groups is 2. The molecule has 1 aromatic heterocycles. The molecule has 0 atom stereocenters. The van der Waals surface area contributed by atoms with Crippen LogP contribution in [0, 0.1) is 20.9 Å². The van der Waals surface area contributed by atoms with Gasteiger partial charge >= 0.3 is 5.88 Å². The maximum absolute atomic E-state index is 13.7. The molecule has 176 valence electrons. The van der Waals surface area contributed by atoms with E-state index in [-0.39, 0.29) is 28.2 Å². The zero-order chi connectivity index (χ0) is 24.4. The Morgan fingerprint density at radius 2 is 1.38 bits per heavy atom. The highest BCUT2D eigenvalue weighted by atomic mass is 16.6. The van der Waals surface area contributed by atoms with Gasteiger partial charge in [-0.15, -0.1) is 0 Å². The van der Waals surface area contributed by atoms with Crippen LogP contribution in [0.4, 0.5) is 11.6 Å². The molecular formula is C27H28N2O5. The van der Waals surface area contributed by atoms with Crippen LogP contribution < -0.4 is 4.90 Å². The van der Waals surface area contributed by atoms with E-state index in [0.717, 1.165) is 17.1 Å². The number of para-hydroxylation sites is 1. The van der Waals surface area contributed by atoms with Gasteiger partial charge in [0.05, 0.1) is 12.0 Å². The Bertz CT molecular complexity index is 1230. The third-order valence-corrected chi connectivity index (χ3v) is 7.00. The molecule has 2 heterocycles. The summed E-state index contributed by atoms with van der Waals surface area (Å²) in [6.45, 7) is 8.30. The van der Waals surface area contributed by atoms with Crippen molar-refractivity contribution in [3.63, 3.8) is 0 Å². The molecule has 0 fully saturated rings. The Balaban J connectivity index is 1.82. The fraction of sp³-hybridized carbons (Fsp3) is 0.407. The first-order valence-electron chi connectivity index (χ1n) is 11.6. The second-order valence-electron chi connectivity index (χ2n) is 11.1. The van der Waals surface area contributed by atoms with E-state index in [0.29, 0.717) is 36.8 Å². The van der Waals surface area contributed by atoms with E-state index in [2.05, 4.69) is 32.6 Å². The Morgan fingerprint density at radius 3 is 1.85 bits per heavy atom. The molecule has 0 N–H and O–H groups in total. The van der Waals surface area contributed by atoms with Gasteiger partial charge < -0.3 is 9.32 Å². The first-order valence-corrected chi connectivity index (χ1v) is 11.6. The first kappa shape index (κ1) is 22.3. The second-order valence-corrected chi connectivity index (χ2v) is 11.1. The highest BCUT2D eigenvalue weighted by molar-refractivity contribution is 6.08. The lowest BCUT2D eigenvalue weighted by Crippen LogP contribution is -2.44. The van der Waals surface area contributed by atoms with Crippen LogP contribution in [0.5, 0.6) is 0 Å². The standard InChI is InChI=1S/C27H28N2O5/c1-26(2)12-17-23(19(30)14-26)25(21-10-11-22(34-21)29(32)33)24-18(13-27(3,4)15-20(24)31)28(17)16-8-6-5-7-9-16/h5-11,25H,12-15H2,1-4H3. The van der Waals surface area contributed by atoms with E-state index in [1.165, 1.54) is 12.1 Å². The zero-order valence-electron chi connectivity index (χ0n) is 19.9. The molecule has 3 aliphatic rings. The van der Waals surface area contributed by atoms with Gasteiger partial charge in [0.2, 0.25) is 0 Å². The SMILES string of the molecule is CC1(C)CC(=O)C2=C(C1)N(c1ccccc1)C1=C(C(=O)CC(C)(C)C1)C2c1ccc([N+](=O)[O-])o1. The van der Waals surface area contributed by atoms with Crippen molar-refractivity contribution in [1.29, 1.82) is 0 Å². The largest absolute Gasteiger partial charge is 0.433 e. The molecule has 0 amide bonds. The number of allylic oxidation sites excluding steroid dienone is 4. The summed E-state index contributed by atoms with van der Waals surface area (Å²) in [6, 6.07) is 12.7. The summed E-state index contributed by atoms with van der Waals surface area (Å²) in [5, 5.41) is 11.3. The number of furan rings is 1. The van der Waals surface area contributed by atoms with Crippen molar-refractivity contribution >= 4 is 23.1 Å². The molecule has 7 heteroatoms. The molecule has 5 rings (SSSR count). The molecular weight excluding hydrogens is 432 g/mol. The number of nitro groups is 1. The molecule has 0 radical (unpaired) electrons. The number of carbonyl (C=O) groups excluding carboxylic acids is 2. The van der Waals surface area contributed by atoms with Gasteiger partial charge in [-0.25, -0.2) is 0 Å². The highest BCUT2D eigenvalue weighted by Gasteiger charge is 2.50. The minimum absolute atomic E-state index is 0.0413. The molecule has 0 saturated carbocycles. The van der Waals surface area contributed by atoms with Crippen LogP contribution in [-0.4, -0.2) is 16.5 Å². The molecule has 0 unspecified atom stereocenters. The van der Waals surface area contributed by atoms with Gasteiger partial charge in [-0.2, -0.15) is 0 Å². The van der Waals surface area contributed by atoms with Gasteiger partial charge in [-0.3, -0.25) is 19.7 Å². The van der Waals surface area contributed by atoms with Crippen molar-refractivity contribution in [3.8, 4) is 0 Å². The Morgan fingerprint density at radius 1 is 0.853 bits per heavy atom. The molecule has 1 aliphatic heterocycles. The van der Waals surface area contributed by atoms with Crippen molar-refractivity contribution in [2.75, 3.05) is 4.90 Å². The number of Topliss-reactive ketones (excluding diaryl/α,β-unsaturated/α-hetero) is 2. The average molecular weight is 461 g/mol. The van der Waals surface area contributed by atoms with Crippen LogP contribution in [0.1, 0.15) is 65.1 Å². The number of hydrogen-bond donors (Lipinski definition) is 0. The van der Waals surface area contributed by atoms with Gasteiger partial charge in [0.25, 0.3) is 0 Å². The van der Waals surface area contributed by atoms with Crippen LogP contribution >= 0.6 is 0 Å². The second kappa shape index (κ2) is 7.52. The number of hydrogen-bond acceptors (Lipinski definition) is 6. The predicted octanol–water partition coefficient (Wildman–Crippen LogP) is 6.08. The summed E-state index contributed by atoms with van der Waals surface area (Å²) in [5.41, 5.74) is 3.17. The maximum Gasteiger partial charge on any atom is 0.433 e. The van der Waals surface area contributed by atoms with Crippen molar-refractivity contribution in [1.82, 2.24) is 0 Å². The van der Waals surface area contributed by atoms with Gasteiger partial charge in [0.1, 0.15) is 10.7 Å². The van der Waals surface area contributed by atoms with E-state index in [4.69, 9.17) is 4.42 Å². The average Bonchev–Trinajstić information content (AvgIpc) is 3.21. The normalized spacial score (nSPS) is 22.1. The van der Waals surface area contributed by atoms with Crippen LogP contribution in [0.3, 0.4) is 0 Å². The summed E-state index contributed by atoms with van der Waals surface area (Å²) in [4.78, 5) is 40.2. The number of benzene rings is 1. The maximum atomic E-state index is 13.7. The third kappa shape index (κ3) is 3.59. The number of anilines is 1. The predicted molar refractivity (Wildman–Crippen MR) is 127 cm³/mol. The van der Waals surface area contributed by atoms with E-state index < -0.39 is 16.7 Å². The van der Waals surface area contributed by atoms with Gasteiger partial charge in [-0.05, 0) is 41.9 Å². The molecule has 2 aromatic rings. The smallest absolute Gasteiger partial charge is 0.405 e. The molecule has 2 aliphatic carbocycles. The minimum atomic E-state index is -0.731. The Labute approximate surface area is 198 Å². The topological polar surface area (TPSA) is 93.7 Å². The van der Waals surface area contributed by atoms with Crippen molar-refractivity contribution in [2.45, 2.75) is 59.3 Å². The summed E-state index contributed by atoms with van der Waals surface area (Å²) >= 11 is 0. The zero-order valence-corrected chi connectivity index (χ0v) is 19.9. The molecule has 0 saturated heterocycles. The van der Waals surface area contributed by atoms with Crippen LogP contribution in [0.25, 0.3) is 0 Å². The van der Waals surface area contributed by atoms with E-state index in [9.17, 15) is 19.7 Å². The van der Waals surface area contributed by atoms with E-state index in [1.807, 2.05) is 30.3 Å². The van der Waals surface area contributed by atoms with Crippen LogP contribution in [-0.2, 0) is 9.59 Å². The van der Waals surface area contributed by atoms with Gasteiger partial charge in [0, 0.05) is 41.1 Å². The third-order valence-electron chi connectivity index (χ3n) is 7.00. The number of nitrogens with zero attached hydrogens (tertiary/aromatic N) is 2.